The van der Waals surface area contributed by atoms with Gasteiger partial charge in [-0.1, -0.05) is 20.8 Å². The molecule has 0 fully saturated rings. The molecule has 0 aliphatic carbocycles. The number of aryl methyl sites for hydroxylation is 1. The third-order valence-electron chi connectivity index (χ3n) is 1.97. The Hall–Kier alpha value is -0.900. The average molecular weight is 197 g/mol. The highest BCUT2D eigenvalue weighted by Gasteiger charge is 2.08. The first-order valence-corrected chi connectivity index (χ1v) is 5.27. The van der Waals surface area contributed by atoms with Crippen LogP contribution in [0.15, 0.2) is 4.42 Å². The molecule has 0 atom stereocenters. The highest BCUT2D eigenvalue weighted by atomic mass is 16.4. The van der Waals surface area contributed by atoms with Gasteiger partial charge in [-0.05, 0) is 19.5 Å². The molecule has 0 aromatic carbocycles. The molecule has 0 saturated carbocycles. The highest BCUT2D eigenvalue weighted by Crippen LogP contribution is 2.12. The van der Waals surface area contributed by atoms with E-state index in [9.17, 15) is 0 Å². The Morgan fingerprint density at radius 2 is 2.14 bits per heavy atom. The molecular formula is C10H19N3O. The van der Waals surface area contributed by atoms with Crippen LogP contribution in [0, 0.1) is 0 Å². The van der Waals surface area contributed by atoms with Crippen molar-refractivity contribution in [3.8, 4) is 0 Å². The van der Waals surface area contributed by atoms with Crippen molar-refractivity contribution in [2.75, 3.05) is 13.1 Å². The average Bonchev–Trinajstić information content (AvgIpc) is 2.61. The zero-order valence-electron chi connectivity index (χ0n) is 9.21. The van der Waals surface area contributed by atoms with E-state index in [-0.39, 0.29) is 0 Å². The molecule has 0 bridgehead atoms. The van der Waals surface area contributed by atoms with Crippen molar-refractivity contribution < 1.29 is 4.42 Å². The summed E-state index contributed by atoms with van der Waals surface area (Å²) in [4.78, 5) is 0. The predicted molar refractivity (Wildman–Crippen MR) is 55.3 cm³/mol. The van der Waals surface area contributed by atoms with Crippen LogP contribution in [0.1, 0.15) is 44.9 Å². The van der Waals surface area contributed by atoms with Gasteiger partial charge in [0, 0.05) is 12.3 Å². The van der Waals surface area contributed by atoms with E-state index in [1.807, 2.05) is 0 Å². The Labute approximate surface area is 85.1 Å². The molecule has 80 valence electrons. The van der Waals surface area contributed by atoms with Crippen molar-refractivity contribution in [2.24, 2.45) is 0 Å². The fourth-order valence-electron chi connectivity index (χ4n) is 1.14. The van der Waals surface area contributed by atoms with Crippen LogP contribution in [0.2, 0.25) is 0 Å². The topological polar surface area (TPSA) is 51.0 Å². The van der Waals surface area contributed by atoms with Crippen LogP contribution in [0.5, 0.6) is 0 Å². The van der Waals surface area contributed by atoms with Gasteiger partial charge in [0.05, 0.1) is 0 Å². The summed E-state index contributed by atoms with van der Waals surface area (Å²) in [6.07, 6.45) is 1.92. The maximum atomic E-state index is 5.48. The second-order valence-corrected chi connectivity index (χ2v) is 3.65. The van der Waals surface area contributed by atoms with Gasteiger partial charge in [-0.3, -0.25) is 0 Å². The lowest BCUT2D eigenvalue weighted by atomic mass is 10.2. The van der Waals surface area contributed by atoms with E-state index in [4.69, 9.17) is 4.42 Å². The zero-order chi connectivity index (χ0) is 10.4. The lowest BCUT2D eigenvalue weighted by Crippen LogP contribution is -2.14. The molecule has 0 aliphatic rings. The molecule has 0 amide bonds. The second kappa shape index (κ2) is 5.75. The van der Waals surface area contributed by atoms with Crippen LogP contribution in [0.3, 0.4) is 0 Å². The van der Waals surface area contributed by atoms with Crippen molar-refractivity contribution in [1.82, 2.24) is 15.5 Å². The Morgan fingerprint density at radius 1 is 1.36 bits per heavy atom. The van der Waals surface area contributed by atoms with E-state index in [1.54, 1.807) is 0 Å². The molecule has 4 nitrogen and oxygen atoms in total. The summed E-state index contributed by atoms with van der Waals surface area (Å²) in [6.45, 7) is 8.23. The molecule has 0 aliphatic heterocycles. The van der Waals surface area contributed by atoms with E-state index in [2.05, 4.69) is 36.3 Å². The van der Waals surface area contributed by atoms with Gasteiger partial charge in [0.15, 0.2) is 0 Å². The van der Waals surface area contributed by atoms with Crippen molar-refractivity contribution in [1.29, 1.82) is 0 Å². The summed E-state index contributed by atoms with van der Waals surface area (Å²) in [5.41, 5.74) is 0. The summed E-state index contributed by atoms with van der Waals surface area (Å²) in [6, 6.07) is 0. The molecule has 0 spiro atoms. The van der Waals surface area contributed by atoms with Crippen molar-refractivity contribution in [3.05, 3.63) is 11.8 Å². The van der Waals surface area contributed by atoms with Crippen LogP contribution < -0.4 is 5.32 Å². The number of rotatable bonds is 6. The SMILES string of the molecule is CCNCCCc1nnc(C(C)C)o1. The predicted octanol–water partition coefficient (Wildman–Crippen LogP) is 1.74. The van der Waals surface area contributed by atoms with Gasteiger partial charge in [-0.15, -0.1) is 10.2 Å². The van der Waals surface area contributed by atoms with Crippen molar-refractivity contribution in [2.45, 2.75) is 39.5 Å². The smallest absolute Gasteiger partial charge is 0.219 e. The van der Waals surface area contributed by atoms with Gasteiger partial charge < -0.3 is 9.73 Å². The molecule has 1 aromatic rings. The van der Waals surface area contributed by atoms with Crippen LogP contribution in [-0.4, -0.2) is 23.3 Å². The Bertz CT molecular complexity index is 258. The lowest BCUT2D eigenvalue weighted by Gasteiger charge is -1.98. The van der Waals surface area contributed by atoms with Crippen LogP contribution >= 0.6 is 0 Å². The normalized spacial score (nSPS) is 11.1. The molecule has 0 radical (unpaired) electrons. The minimum Gasteiger partial charge on any atom is -0.425 e. The Morgan fingerprint density at radius 3 is 2.71 bits per heavy atom. The third kappa shape index (κ3) is 3.46. The van der Waals surface area contributed by atoms with E-state index < -0.39 is 0 Å². The molecule has 0 unspecified atom stereocenters. The van der Waals surface area contributed by atoms with E-state index in [1.165, 1.54) is 0 Å². The first-order chi connectivity index (χ1) is 6.74. The maximum absolute atomic E-state index is 5.48. The first kappa shape index (κ1) is 11.2. The summed E-state index contributed by atoms with van der Waals surface area (Å²) >= 11 is 0. The largest absolute Gasteiger partial charge is 0.425 e. The summed E-state index contributed by atoms with van der Waals surface area (Å²) in [5, 5.41) is 11.2. The van der Waals surface area contributed by atoms with Gasteiger partial charge in [0.1, 0.15) is 0 Å². The van der Waals surface area contributed by atoms with Gasteiger partial charge in [-0.25, -0.2) is 0 Å². The summed E-state index contributed by atoms with van der Waals surface area (Å²) < 4.78 is 5.48. The first-order valence-electron chi connectivity index (χ1n) is 5.27. The number of nitrogens with zero attached hydrogens (tertiary/aromatic N) is 2. The van der Waals surface area contributed by atoms with Crippen LogP contribution in [-0.2, 0) is 6.42 Å². The standard InChI is InChI=1S/C10H19N3O/c1-4-11-7-5-6-9-12-13-10(14-9)8(2)3/h8,11H,4-7H2,1-3H3. The molecule has 0 saturated heterocycles. The quantitative estimate of drug-likeness (QED) is 0.706. The van der Waals surface area contributed by atoms with Gasteiger partial charge in [0.2, 0.25) is 11.8 Å². The molecule has 4 heteroatoms. The summed E-state index contributed by atoms with van der Waals surface area (Å²) in [5.74, 6) is 1.82. The minimum atomic E-state index is 0.324. The van der Waals surface area contributed by atoms with E-state index >= 15 is 0 Å². The molecule has 1 N–H and O–H groups in total. The molecule has 1 aromatic heterocycles. The van der Waals surface area contributed by atoms with Crippen LogP contribution in [0.25, 0.3) is 0 Å². The lowest BCUT2D eigenvalue weighted by molar-refractivity contribution is 0.426. The number of hydrogen-bond donors (Lipinski definition) is 1. The van der Waals surface area contributed by atoms with Crippen molar-refractivity contribution in [3.63, 3.8) is 0 Å². The number of aromatic nitrogens is 2. The molecular weight excluding hydrogens is 178 g/mol. The Kier molecular flexibility index (Phi) is 4.59. The molecule has 14 heavy (non-hydrogen) atoms. The second-order valence-electron chi connectivity index (χ2n) is 3.65. The summed E-state index contributed by atoms with van der Waals surface area (Å²) in [7, 11) is 0. The van der Waals surface area contributed by atoms with Gasteiger partial charge in [0.25, 0.3) is 0 Å². The van der Waals surface area contributed by atoms with E-state index in [0.29, 0.717) is 5.92 Å². The van der Waals surface area contributed by atoms with Crippen molar-refractivity contribution >= 4 is 0 Å². The minimum absolute atomic E-state index is 0.324. The third-order valence-corrected chi connectivity index (χ3v) is 1.97. The van der Waals surface area contributed by atoms with Gasteiger partial charge in [-0.2, -0.15) is 0 Å². The Balaban J connectivity index is 2.29. The molecule has 1 heterocycles. The van der Waals surface area contributed by atoms with E-state index in [0.717, 1.165) is 37.7 Å². The number of nitrogens with one attached hydrogen (secondary N) is 1. The highest BCUT2D eigenvalue weighted by molar-refractivity contribution is 4.87. The monoisotopic (exact) mass is 197 g/mol. The van der Waals surface area contributed by atoms with Crippen LogP contribution in [0.4, 0.5) is 0 Å². The zero-order valence-corrected chi connectivity index (χ0v) is 9.21. The number of hydrogen-bond acceptors (Lipinski definition) is 4. The fourth-order valence-corrected chi connectivity index (χ4v) is 1.14. The fraction of sp³-hybridized carbons (Fsp3) is 0.800. The molecule has 1 rings (SSSR count). The maximum Gasteiger partial charge on any atom is 0.219 e. The van der Waals surface area contributed by atoms with Gasteiger partial charge >= 0.3 is 0 Å².